The van der Waals surface area contributed by atoms with Crippen LogP contribution in [0.1, 0.15) is 5.69 Å². The van der Waals surface area contributed by atoms with Crippen molar-refractivity contribution in [1.29, 1.82) is 0 Å². The summed E-state index contributed by atoms with van der Waals surface area (Å²) in [5.74, 6) is 2.51. The zero-order chi connectivity index (χ0) is 19.6. The third-order valence-electron chi connectivity index (χ3n) is 4.85. The SMILES string of the molecule is Cc1cc(-c2nc3cc(Nc4cccc(N5CCNCC5)n4)ncc3s2)ccn1. The number of thiazole rings is 1. The second-order valence-corrected chi connectivity index (χ2v) is 8.02. The molecule has 1 aliphatic rings. The summed E-state index contributed by atoms with van der Waals surface area (Å²) in [4.78, 5) is 20.7. The molecule has 8 heteroatoms. The van der Waals surface area contributed by atoms with Crippen LogP contribution in [0.3, 0.4) is 0 Å². The van der Waals surface area contributed by atoms with E-state index in [1.807, 2.05) is 43.6 Å². The summed E-state index contributed by atoms with van der Waals surface area (Å²) in [6.45, 7) is 5.90. The van der Waals surface area contributed by atoms with Crippen molar-refractivity contribution in [3.8, 4) is 10.6 Å². The third kappa shape index (κ3) is 3.90. The van der Waals surface area contributed by atoms with Crippen LogP contribution in [-0.4, -0.2) is 46.1 Å². The van der Waals surface area contributed by atoms with Gasteiger partial charge in [-0.2, -0.15) is 0 Å². The minimum absolute atomic E-state index is 0.741. The highest BCUT2D eigenvalue weighted by Crippen LogP contribution is 2.31. The summed E-state index contributed by atoms with van der Waals surface area (Å²) in [5.41, 5.74) is 2.99. The molecule has 146 valence electrons. The van der Waals surface area contributed by atoms with Gasteiger partial charge in [0.15, 0.2) is 0 Å². The van der Waals surface area contributed by atoms with Crippen LogP contribution in [0.25, 0.3) is 20.8 Å². The lowest BCUT2D eigenvalue weighted by Crippen LogP contribution is -2.43. The van der Waals surface area contributed by atoms with Gasteiger partial charge in [0.2, 0.25) is 0 Å². The summed E-state index contributed by atoms with van der Waals surface area (Å²) in [6, 6.07) is 12.1. The summed E-state index contributed by atoms with van der Waals surface area (Å²) < 4.78 is 1.06. The average molecular weight is 404 g/mol. The lowest BCUT2D eigenvalue weighted by Gasteiger charge is -2.28. The minimum atomic E-state index is 0.741. The van der Waals surface area contributed by atoms with E-state index in [1.54, 1.807) is 11.3 Å². The van der Waals surface area contributed by atoms with Gasteiger partial charge in [-0.3, -0.25) is 4.98 Å². The van der Waals surface area contributed by atoms with Crippen LogP contribution >= 0.6 is 11.3 Å². The average Bonchev–Trinajstić information content (AvgIpc) is 3.18. The van der Waals surface area contributed by atoms with Gasteiger partial charge in [0.05, 0.1) is 10.2 Å². The first-order valence-corrected chi connectivity index (χ1v) is 10.5. The normalized spacial score (nSPS) is 14.3. The van der Waals surface area contributed by atoms with Crippen LogP contribution in [-0.2, 0) is 0 Å². The second-order valence-electron chi connectivity index (χ2n) is 6.99. The van der Waals surface area contributed by atoms with Crippen molar-refractivity contribution in [2.75, 3.05) is 36.4 Å². The van der Waals surface area contributed by atoms with Crippen LogP contribution in [0.2, 0.25) is 0 Å². The number of piperazine rings is 1. The summed E-state index contributed by atoms with van der Waals surface area (Å²) in [6.07, 6.45) is 3.69. The van der Waals surface area contributed by atoms with E-state index in [2.05, 4.69) is 37.6 Å². The molecule has 0 spiro atoms. The standard InChI is InChI=1S/C21H21N7S/c1-14-11-15(5-6-23-14)21-25-16-12-19(24-13-17(16)29-21)26-18-3-2-4-20(27-18)28-9-7-22-8-10-28/h2-6,11-13,22H,7-10H2,1H3,(H,24,26,27). The molecule has 29 heavy (non-hydrogen) atoms. The molecular formula is C21H21N7S. The predicted molar refractivity (Wildman–Crippen MR) is 118 cm³/mol. The summed E-state index contributed by atoms with van der Waals surface area (Å²) >= 11 is 1.64. The van der Waals surface area contributed by atoms with Gasteiger partial charge in [-0.1, -0.05) is 6.07 Å². The van der Waals surface area contributed by atoms with Crippen LogP contribution < -0.4 is 15.5 Å². The number of pyridine rings is 3. The number of hydrogen-bond donors (Lipinski definition) is 2. The van der Waals surface area contributed by atoms with E-state index < -0.39 is 0 Å². The monoisotopic (exact) mass is 403 g/mol. The lowest BCUT2D eigenvalue weighted by atomic mass is 10.2. The molecule has 1 saturated heterocycles. The molecule has 0 radical (unpaired) electrons. The van der Waals surface area contributed by atoms with Gasteiger partial charge in [-0.05, 0) is 31.2 Å². The number of nitrogens with zero attached hydrogens (tertiary/aromatic N) is 5. The quantitative estimate of drug-likeness (QED) is 0.539. The second kappa shape index (κ2) is 7.73. The zero-order valence-electron chi connectivity index (χ0n) is 16.1. The number of anilines is 3. The number of nitrogens with one attached hydrogen (secondary N) is 2. The van der Waals surface area contributed by atoms with Gasteiger partial charge in [0.25, 0.3) is 0 Å². The molecule has 0 bridgehead atoms. The first-order valence-electron chi connectivity index (χ1n) is 9.64. The Morgan fingerprint density at radius 1 is 1.03 bits per heavy atom. The van der Waals surface area contributed by atoms with Crippen molar-refractivity contribution in [3.63, 3.8) is 0 Å². The zero-order valence-corrected chi connectivity index (χ0v) is 16.9. The van der Waals surface area contributed by atoms with Gasteiger partial charge in [-0.15, -0.1) is 11.3 Å². The molecule has 0 atom stereocenters. The van der Waals surface area contributed by atoms with Gasteiger partial charge >= 0.3 is 0 Å². The minimum Gasteiger partial charge on any atom is -0.354 e. The summed E-state index contributed by atoms with van der Waals surface area (Å²) in [5, 5.41) is 7.67. The topological polar surface area (TPSA) is 78.9 Å². The Bertz CT molecular complexity index is 1150. The molecule has 2 N–H and O–H groups in total. The van der Waals surface area contributed by atoms with E-state index >= 15 is 0 Å². The lowest BCUT2D eigenvalue weighted by molar-refractivity contribution is 0.585. The van der Waals surface area contributed by atoms with Crippen molar-refractivity contribution >= 4 is 39.0 Å². The van der Waals surface area contributed by atoms with Crippen molar-refractivity contribution < 1.29 is 0 Å². The van der Waals surface area contributed by atoms with Crippen molar-refractivity contribution in [3.05, 3.63) is 54.5 Å². The number of hydrogen-bond acceptors (Lipinski definition) is 8. The fourth-order valence-corrected chi connectivity index (χ4v) is 4.31. The first-order chi connectivity index (χ1) is 14.2. The van der Waals surface area contributed by atoms with Gasteiger partial charge in [0, 0.05) is 55.9 Å². The largest absolute Gasteiger partial charge is 0.354 e. The van der Waals surface area contributed by atoms with E-state index in [9.17, 15) is 0 Å². The number of aromatic nitrogens is 4. The van der Waals surface area contributed by atoms with E-state index in [4.69, 9.17) is 9.97 Å². The predicted octanol–water partition coefficient (Wildman–Crippen LogP) is 3.61. The molecule has 0 aromatic carbocycles. The van der Waals surface area contributed by atoms with Crippen LogP contribution in [0.5, 0.6) is 0 Å². The molecule has 5 heterocycles. The van der Waals surface area contributed by atoms with Gasteiger partial charge in [0.1, 0.15) is 22.5 Å². The first kappa shape index (κ1) is 18.0. The fourth-order valence-electron chi connectivity index (χ4n) is 3.40. The molecule has 5 rings (SSSR count). The Morgan fingerprint density at radius 2 is 1.93 bits per heavy atom. The molecular weight excluding hydrogens is 382 g/mol. The maximum absolute atomic E-state index is 4.79. The number of aryl methyl sites for hydroxylation is 1. The highest BCUT2D eigenvalue weighted by Gasteiger charge is 2.13. The van der Waals surface area contributed by atoms with E-state index in [0.717, 1.165) is 70.1 Å². The van der Waals surface area contributed by atoms with Gasteiger partial charge < -0.3 is 15.5 Å². The molecule has 1 fully saturated rings. The Morgan fingerprint density at radius 3 is 2.79 bits per heavy atom. The third-order valence-corrected chi connectivity index (χ3v) is 5.91. The van der Waals surface area contributed by atoms with Gasteiger partial charge in [-0.25, -0.2) is 15.0 Å². The van der Waals surface area contributed by atoms with E-state index in [0.29, 0.717) is 0 Å². The van der Waals surface area contributed by atoms with E-state index in [1.165, 1.54) is 0 Å². The molecule has 1 aliphatic heterocycles. The van der Waals surface area contributed by atoms with Crippen molar-refractivity contribution in [1.82, 2.24) is 25.3 Å². The molecule has 0 aliphatic carbocycles. The smallest absolute Gasteiger partial charge is 0.133 e. The fraction of sp³-hybridized carbons (Fsp3) is 0.238. The molecule has 0 unspecified atom stereocenters. The Hall–Kier alpha value is -3.10. The Balaban J connectivity index is 1.39. The Labute approximate surface area is 172 Å². The maximum Gasteiger partial charge on any atom is 0.133 e. The molecule has 4 aromatic rings. The maximum atomic E-state index is 4.79. The van der Waals surface area contributed by atoms with Crippen molar-refractivity contribution in [2.24, 2.45) is 0 Å². The molecule has 4 aromatic heterocycles. The van der Waals surface area contributed by atoms with Crippen LogP contribution in [0.4, 0.5) is 17.5 Å². The molecule has 7 nitrogen and oxygen atoms in total. The molecule has 0 saturated carbocycles. The van der Waals surface area contributed by atoms with Crippen molar-refractivity contribution in [2.45, 2.75) is 6.92 Å². The molecule has 0 amide bonds. The van der Waals surface area contributed by atoms with E-state index in [-0.39, 0.29) is 0 Å². The Kier molecular flexibility index (Phi) is 4.79. The highest BCUT2D eigenvalue weighted by molar-refractivity contribution is 7.21. The highest BCUT2D eigenvalue weighted by atomic mass is 32.1. The number of rotatable bonds is 4. The summed E-state index contributed by atoms with van der Waals surface area (Å²) in [7, 11) is 0. The van der Waals surface area contributed by atoms with Crippen LogP contribution in [0, 0.1) is 6.92 Å². The number of fused-ring (bicyclic) bond motifs is 1. The van der Waals surface area contributed by atoms with Crippen LogP contribution in [0.15, 0.2) is 48.8 Å².